The summed E-state index contributed by atoms with van der Waals surface area (Å²) in [6, 6.07) is 3.22. The van der Waals surface area contributed by atoms with Crippen molar-refractivity contribution in [3.8, 4) is 0 Å². The van der Waals surface area contributed by atoms with E-state index in [2.05, 4.69) is 5.32 Å². The molecule has 1 fully saturated rings. The van der Waals surface area contributed by atoms with Gasteiger partial charge in [0.15, 0.2) is 11.6 Å². The molecule has 2 N–H and O–H groups in total. The number of rotatable bonds is 4. The molecule has 22 heavy (non-hydrogen) atoms. The number of aliphatic carboxylic acids is 1. The fraction of sp³-hybridized carbons (Fsp3) is 0.500. The monoisotopic (exact) mass is 311 g/mol. The minimum Gasteiger partial charge on any atom is -0.481 e. The third kappa shape index (κ3) is 4.02. The fourth-order valence-electron chi connectivity index (χ4n) is 2.89. The van der Waals surface area contributed by atoms with Crippen LogP contribution in [0.2, 0.25) is 0 Å². The highest BCUT2D eigenvalue weighted by atomic mass is 19.2. The molecule has 0 aromatic heterocycles. The summed E-state index contributed by atoms with van der Waals surface area (Å²) in [6.07, 6.45) is 3.43. The first-order chi connectivity index (χ1) is 10.5. The summed E-state index contributed by atoms with van der Waals surface area (Å²) in [7, 11) is 0. The maximum atomic E-state index is 13.6. The molecule has 1 amide bonds. The standard InChI is InChI=1S/C16H19F2NO3/c17-12-7-4-5-10(15(12)18)9-14(20)19-13-8-3-1-2-6-11(13)16(21)22/h4-5,7,11,13H,1-3,6,8-9H2,(H,19,20)(H,21,22)/t11-,13+/m1/s1. The minimum absolute atomic E-state index is 0.0296. The zero-order valence-electron chi connectivity index (χ0n) is 12.1. The molecule has 1 aliphatic rings. The van der Waals surface area contributed by atoms with Crippen LogP contribution < -0.4 is 5.32 Å². The highest BCUT2D eigenvalue weighted by Gasteiger charge is 2.30. The van der Waals surface area contributed by atoms with Gasteiger partial charge < -0.3 is 10.4 Å². The molecule has 1 aromatic rings. The SMILES string of the molecule is O=C(Cc1cccc(F)c1F)N[C@H]1CCCCC[C@H]1C(=O)O. The first kappa shape index (κ1) is 16.4. The van der Waals surface area contributed by atoms with E-state index in [0.717, 1.165) is 25.3 Å². The quantitative estimate of drug-likeness (QED) is 0.840. The van der Waals surface area contributed by atoms with Crippen LogP contribution >= 0.6 is 0 Å². The lowest BCUT2D eigenvalue weighted by Gasteiger charge is -2.23. The average molecular weight is 311 g/mol. The number of nitrogens with one attached hydrogen (secondary N) is 1. The maximum Gasteiger partial charge on any atom is 0.308 e. The molecule has 0 heterocycles. The van der Waals surface area contributed by atoms with Crippen LogP contribution in [0.4, 0.5) is 8.78 Å². The highest BCUT2D eigenvalue weighted by Crippen LogP contribution is 2.24. The summed E-state index contributed by atoms with van der Waals surface area (Å²) in [5.74, 6) is -4.06. The maximum absolute atomic E-state index is 13.6. The first-order valence-corrected chi connectivity index (χ1v) is 7.44. The van der Waals surface area contributed by atoms with Crippen LogP contribution in [-0.4, -0.2) is 23.0 Å². The Bertz CT molecular complexity index is 562. The fourth-order valence-corrected chi connectivity index (χ4v) is 2.89. The van der Waals surface area contributed by atoms with Crippen molar-refractivity contribution in [3.05, 3.63) is 35.4 Å². The zero-order chi connectivity index (χ0) is 16.1. The van der Waals surface area contributed by atoms with Gasteiger partial charge in [0.1, 0.15) is 0 Å². The second-order valence-corrected chi connectivity index (χ2v) is 5.65. The predicted octanol–water partition coefficient (Wildman–Crippen LogP) is 2.66. The van der Waals surface area contributed by atoms with Crippen LogP contribution in [0.3, 0.4) is 0 Å². The van der Waals surface area contributed by atoms with Gasteiger partial charge in [-0.3, -0.25) is 9.59 Å². The van der Waals surface area contributed by atoms with E-state index in [4.69, 9.17) is 0 Å². The number of carbonyl (C=O) groups is 2. The second-order valence-electron chi connectivity index (χ2n) is 5.65. The molecule has 6 heteroatoms. The lowest BCUT2D eigenvalue weighted by atomic mass is 9.94. The van der Waals surface area contributed by atoms with Crippen LogP contribution in [0.1, 0.15) is 37.7 Å². The lowest BCUT2D eigenvalue weighted by molar-refractivity contribution is -0.143. The van der Waals surface area contributed by atoms with E-state index in [0.29, 0.717) is 12.8 Å². The second kappa shape index (κ2) is 7.33. The van der Waals surface area contributed by atoms with Crippen LogP contribution in [0.5, 0.6) is 0 Å². The van der Waals surface area contributed by atoms with Crippen LogP contribution in [0.15, 0.2) is 18.2 Å². The van der Waals surface area contributed by atoms with E-state index in [1.54, 1.807) is 0 Å². The number of carboxylic acids is 1. The van der Waals surface area contributed by atoms with Crippen molar-refractivity contribution >= 4 is 11.9 Å². The zero-order valence-corrected chi connectivity index (χ0v) is 12.1. The van der Waals surface area contributed by atoms with Crippen LogP contribution in [-0.2, 0) is 16.0 Å². The van der Waals surface area contributed by atoms with Crippen molar-refractivity contribution < 1.29 is 23.5 Å². The Morgan fingerprint density at radius 1 is 1.18 bits per heavy atom. The van der Waals surface area contributed by atoms with Crippen molar-refractivity contribution in [1.82, 2.24) is 5.32 Å². The Morgan fingerprint density at radius 3 is 2.64 bits per heavy atom. The molecule has 4 nitrogen and oxygen atoms in total. The van der Waals surface area contributed by atoms with Crippen LogP contribution in [0.25, 0.3) is 0 Å². The number of benzene rings is 1. The van der Waals surface area contributed by atoms with E-state index in [-0.39, 0.29) is 12.0 Å². The van der Waals surface area contributed by atoms with E-state index < -0.39 is 35.5 Å². The molecule has 0 aliphatic heterocycles. The molecule has 2 atom stereocenters. The molecule has 0 bridgehead atoms. The molecule has 0 spiro atoms. The topological polar surface area (TPSA) is 66.4 Å². The summed E-state index contributed by atoms with van der Waals surface area (Å²) in [5.41, 5.74) is -0.0296. The number of carboxylic acid groups (broad SMARTS) is 1. The summed E-state index contributed by atoms with van der Waals surface area (Å²) in [5, 5.41) is 11.9. The molecule has 2 rings (SSSR count). The smallest absolute Gasteiger partial charge is 0.308 e. The van der Waals surface area contributed by atoms with E-state index in [1.165, 1.54) is 12.1 Å². The first-order valence-electron chi connectivity index (χ1n) is 7.44. The van der Waals surface area contributed by atoms with Gasteiger partial charge in [-0.25, -0.2) is 8.78 Å². The van der Waals surface area contributed by atoms with E-state index in [1.807, 2.05) is 0 Å². The Morgan fingerprint density at radius 2 is 1.91 bits per heavy atom. The van der Waals surface area contributed by atoms with Gasteiger partial charge in [-0.1, -0.05) is 31.4 Å². The number of amides is 1. The Kier molecular flexibility index (Phi) is 5.46. The largest absolute Gasteiger partial charge is 0.481 e. The summed E-state index contributed by atoms with van der Waals surface area (Å²) >= 11 is 0. The summed E-state index contributed by atoms with van der Waals surface area (Å²) < 4.78 is 26.7. The summed E-state index contributed by atoms with van der Waals surface area (Å²) in [6.45, 7) is 0. The lowest BCUT2D eigenvalue weighted by Crippen LogP contribution is -2.43. The molecular weight excluding hydrogens is 292 g/mol. The summed E-state index contributed by atoms with van der Waals surface area (Å²) in [4.78, 5) is 23.3. The van der Waals surface area contributed by atoms with E-state index in [9.17, 15) is 23.5 Å². The Labute approximate surface area is 127 Å². The van der Waals surface area contributed by atoms with Gasteiger partial charge in [0.2, 0.25) is 5.91 Å². The Hall–Kier alpha value is -1.98. The third-order valence-electron chi connectivity index (χ3n) is 4.06. The van der Waals surface area contributed by atoms with Gasteiger partial charge in [0.25, 0.3) is 0 Å². The van der Waals surface area contributed by atoms with Crippen molar-refractivity contribution in [2.45, 2.75) is 44.6 Å². The number of carbonyl (C=O) groups excluding carboxylic acids is 1. The van der Waals surface area contributed by atoms with Crippen LogP contribution in [0, 0.1) is 17.6 Å². The van der Waals surface area contributed by atoms with Crippen molar-refractivity contribution in [2.75, 3.05) is 0 Å². The number of hydrogen-bond donors (Lipinski definition) is 2. The van der Waals surface area contributed by atoms with Crippen molar-refractivity contribution in [2.24, 2.45) is 5.92 Å². The van der Waals surface area contributed by atoms with Gasteiger partial charge in [-0.15, -0.1) is 0 Å². The molecular formula is C16H19F2NO3. The Balaban J connectivity index is 2.03. The van der Waals surface area contributed by atoms with E-state index >= 15 is 0 Å². The van der Waals surface area contributed by atoms with Gasteiger partial charge in [0.05, 0.1) is 12.3 Å². The average Bonchev–Trinajstić information content (AvgIpc) is 2.69. The van der Waals surface area contributed by atoms with Gasteiger partial charge in [0, 0.05) is 11.6 Å². The number of hydrogen-bond acceptors (Lipinski definition) is 2. The van der Waals surface area contributed by atoms with Gasteiger partial charge in [-0.2, -0.15) is 0 Å². The highest BCUT2D eigenvalue weighted by molar-refractivity contribution is 5.80. The molecule has 0 unspecified atom stereocenters. The normalized spacial score (nSPS) is 21.9. The molecule has 120 valence electrons. The molecule has 1 aromatic carbocycles. The molecule has 0 radical (unpaired) electrons. The minimum atomic E-state index is -1.03. The van der Waals surface area contributed by atoms with Gasteiger partial charge in [-0.05, 0) is 18.9 Å². The van der Waals surface area contributed by atoms with Crippen molar-refractivity contribution in [3.63, 3.8) is 0 Å². The molecule has 1 saturated carbocycles. The van der Waals surface area contributed by atoms with Gasteiger partial charge >= 0.3 is 5.97 Å². The predicted molar refractivity (Wildman–Crippen MR) is 76.2 cm³/mol. The molecule has 0 saturated heterocycles. The number of halogens is 2. The van der Waals surface area contributed by atoms with Crippen molar-refractivity contribution in [1.29, 1.82) is 0 Å². The molecule has 1 aliphatic carbocycles. The third-order valence-corrected chi connectivity index (χ3v) is 4.06.